The first kappa shape index (κ1) is 9.17. The predicted molar refractivity (Wildman–Crippen MR) is 41.0 cm³/mol. The first-order valence-corrected chi connectivity index (χ1v) is 3.41. The molecule has 0 radical (unpaired) electrons. The molecule has 0 aliphatic carbocycles. The van der Waals surface area contributed by atoms with Gasteiger partial charge in [0.15, 0.2) is 0 Å². The Labute approximate surface area is 61.5 Å². The van der Waals surface area contributed by atoms with Crippen LogP contribution in [0.25, 0.3) is 0 Å². The second-order valence-corrected chi connectivity index (χ2v) is 2.03. The van der Waals surface area contributed by atoms with Crippen molar-refractivity contribution in [1.29, 1.82) is 0 Å². The summed E-state index contributed by atoms with van der Waals surface area (Å²) in [6.07, 6.45) is 4.02. The lowest BCUT2D eigenvalue weighted by Crippen LogP contribution is -2.36. The molecule has 0 heterocycles. The minimum atomic E-state index is -0.135. The number of carbonyl (C=O) groups excluding carboxylic acids is 1. The summed E-state index contributed by atoms with van der Waals surface area (Å²) >= 11 is 0. The van der Waals surface area contributed by atoms with Gasteiger partial charge in [-0.2, -0.15) is 0 Å². The molecule has 0 aromatic heterocycles. The van der Waals surface area contributed by atoms with Crippen LogP contribution in [0.15, 0.2) is 12.2 Å². The Kier molecular flexibility index (Phi) is 4.58. The molecule has 0 saturated heterocycles. The topological polar surface area (TPSA) is 46.3 Å². The van der Waals surface area contributed by atoms with E-state index in [1.165, 1.54) is 11.1 Å². The summed E-state index contributed by atoms with van der Waals surface area (Å²) in [5.41, 5.74) is 0. The van der Waals surface area contributed by atoms with E-state index in [1.54, 1.807) is 13.0 Å². The molecule has 0 bridgehead atoms. The zero-order valence-electron chi connectivity index (χ0n) is 6.50. The predicted octanol–water partition coefficient (Wildman–Crippen LogP) is 0.675. The number of nitrogens with zero attached hydrogens (tertiary/aromatic N) is 1. The SMILES string of the molecule is C/C=C/C(=O)N(N)CCC. The van der Waals surface area contributed by atoms with Gasteiger partial charge in [0.05, 0.1) is 0 Å². The third kappa shape index (κ3) is 3.25. The molecule has 0 rings (SSSR count). The maximum atomic E-state index is 10.8. The molecule has 10 heavy (non-hydrogen) atoms. The molecule has 0 spiro atoms. The molecule has 0 aromatic rings. The highest BCUT2D eigenvalue weighted by Gasteiger charge is 2.01. The number of amides is 1. The van der Waals surface area contributed by atoms with E-state index >= 15 is 0 Å². The van der Waals surface area contributed by atoms with Crippen LogP contribution in [-0.2, 0) is 4.79 Å². The average Bonchev–Trinajstić information content (AvgIpc) is 1.89. The van der Waals surface area contributed by atoms with Crippen LogP contribution in [0, 0.1) is 0 Å². The van der Waals surface area contributed by atoms with Crippen LogP contribution in [0.5, 0.6) is 0 Å². The van der Waals surface area contributed by atoms with Gasteiger partial charge in [-0.3, -0.25) is 9.80 Å². The normalized spacial score (nSPS) is 10.3. The first-order chi connectivity index (χ1) is 4.72. The van der Waals surface area contributed by atoms with Crippen LogP contribution in [0.4, 0.5) is 0 Å². The third-order valence-corrected chi connectivity index (χ3v) is 1.06. The summed E-state index contributed by atoms with van der Waals surface area (Å²) in [5, 5.41) is 1.21. The molecular weight excluding hydrogens is 128 g/mol. The average molecular weight is 142 g/mol. The van der Waals surface area contributed by atoms with Gasteiger partial charge in [-0.25, -0.2) is 5.84 Å². The first-order valence-electron chi connectivity index (χ1n) is 3.41. The fourth-order valence-corrected chi connectivity index (χ4v) is 0.589. The highest BCUT2D eigenvalue weighted by molar-refractivity contribution is 5.86. The highest BCUT2D eigenvalue weighted by Crippen LogP contribution is 1.85. The summed E-state index contributed by atoms with van der Waals surface area (Å²) in [6, 6.07) is 0. The maximum Gasteiger partial charge on any atom is 0.260 e. The Morgan fingerprint density at radius 2 is 2.30 bits per heavy atom. The monoisotopic (exact) mass is 142 g/mol. The molecule has 0 fully saturated rings. The van der Waals surface area contributed by atoms with E-state index in [0.717, 1.165) is 6.42 Å². The second kappa shape index (κ2) is 4.99. The smallest absolute Gasteiger partial charge is 0.260 e. The van der Waals surface area contributed by atoms with Crippen molar-refractivity contribution in [2.75, 3.05) is 6.54 Å². The van der Waals surface area contributed by atoms with Gasteiger partial charge in [0.2, 0.25) is 0 Å². The van der Waals surface area contributed by atoms with E-state index in [-0.39, 0.29) is 5.91 Å². The van der Waals surface area contributed by atoms with Gasteiger partial charge < -0.3 is 0 Å². The molecule has 58 valence electrons. The van der Waals surface area contributed by atoms with Gasteiger partial charge in [-0.05, 0) is 13.3 Å². The van der Waals surface area contributed by atoms with Gasteiger partial charge in [0.25, 0.3) is 5.91 Å². The highest BCUT2D eigenvalue weighted by atomic mass is 16.2. The van der Waals surface area contributed by atoms with Gasteiger partial charge in [-0.15, -0.1) is 0 Å². The van der Waals surface area contributed by atoms with Gasteiger partial charge in [-0.1, -0.05) is 13.0 Å². The van der Waals surface area contributed by atoms with Crippen molar-refractivity contribution >= 4 is 5.91 Å². The number of carbonyl (C=O) groups is 1. The standard InChI is InChI=1S/C7H14N2O/c1-3-5-7(10)9(8)6-4-2/h3,5H,4,6,8H2,1-2H3/b5-3+. The quantitative estimate of drug-likeness (QED) is 0.272. The summed E-state index contributed by atoms with van der Waals surface area (Å²) < 4.78 is 0. The molecular formula is C7H14N2O. The van der Waals surface area contributed by atoms with Crippen LogP contribution in [0.2, 0.25) is 0 Å². The third-order valence-electron chi connectivity index (χ3n) is 1.06. The largest absolute Gasteiger partial charge is 0.277 e. The van der Waals surface area contributed by atoms with E-state index in [4.69, 9.17) is 5.84 Å². The van der Waals surface area contributed by atoms with E-state index in [0.29, 0.717) is 6.54 Å². The van der Waals surface area contributed by atoms with Gasteiger partial charge >= 0.3 is 0 Å². The Bertz CT molecular complexity index is 132. The molecule has 3 heteroatoms. The number of hydrogen-bond donors (Lipinski definition) is 1. The molecule has 0 atom stereocenters. The molecule has 0 aromatic carbocycles. The van der Waals surface area contributed by atoms with Crippen molar-refractivity contribution in [3.8, 4) is 0 Å². The number of rotatable bonds is 3. The van der Waals surface area contributed by atoms with E-state index in [9.17, 15) is 4.79 Å². The molecule has 3 nitrogen and oxygen atoms in total. The van der Waals surface area contributed by atoms with Crippen LogP contribution in [0.3, 0.4) is 0 Å². The van der Waals surface area contributed by atoms with Crippen molar-refractivity contribution in [2.24, 2.45) is 5.84 Å². The minimum absolute atomic E-state index is 0.135. The Balaban J connectivity index is 3.70. The van der Waals surface area contributed by atoms with E-state index in [1.807, 2.05) is 6.92 Å². The second-order valence-electron chi connectivity index (χ2n) is 2.03. The van der Waals surface area contributed by atoms with Crippen LogP contribution in [-0.4, -0.2) is 17.5 Å². The van der Waals surface area contributed by atoms with Crippen molar-refractivity contribution in [3.63, 3.8) is 0 Å². The molecule has 0 aliphatic heterocycles. The van der Waals surface area contributed by atoms with E-state index in [2.05, 4.69) is 0 Å². The van der Waals surface area contributed by atoms with Crippen molar-refractivity contribution < 1.29 is 4.79 Å². The van der Waals surface area contributed by atoms with Crippen molar-refractivity contribution in [1.82, 2.24) is 5.01 Å². The van der Waals surface area contributed by atoms with Crippen molar-refractivity contribution in [2.45, 2.75) is 20.3 Å². The number of hydrazine groups is 1. The Hall–Kier alpha value is -0.830. The van der Waals surface area contributed by atoms with Crippen LogP contribution < -0.4 is 5.84 Å². The fraction of sp³-hybridized carbons (Fsp3) is 0.571. The summed E-state index contributed by atoms with van der Waals surface area (Å²) in [5.74, 6) is 5.21. The zero-order chi connectivity index (χ0) is 7.98. The maximum absolute atomic E-state index is 10.8. The molecule has 2 N–H and O–H groups in total. The minimum Gasteiger partial charge on any atom is -0.277 e. The summed E-state index contributed by atoms with van der Waals surface area (Å²) in [7, 11) is 0. The van der Waals surface area contributed by atoms with Gasteiger partial charge in [0.1, 0.15) is 0 Å². The fourth-order valence-electron chi connectivity index (χ4n) is 0.589. The zero-order valence-corrected chi connectivity index (χ0v) is 6.50. The Morgan fingerprint density at radius 3 is 2.70 bits per heavy atom. The lowest BCUT2D eigenvalue weighted by Gasteiger charge is -2.11. The van der Waals surface area contributed by atoms with Crippen LogP contribution >= 0.6 is 0 Å². The van der Waals surface area contributed by atoms with E-state index < -0.39 is 0 Å². The Morgan fingerprint density at radius 1 is 1.70 bits per heavy atom. The molecule has 0 aliphatic rings. The van der Waals surface area contributed by atoms with Crippen molar-refractivity contribution in [3.05, 3.63) is 12.2 Å². The molecule has 1 amide bonds. The number of nitrogens with two attached hydrogens (primary N) is 1. The molecule has 0 saturated carbocycles. The summed E-state index contributed by atoms with van der Waals surface area (Å²) in [4.78, 5) is 10.8. The summed E-state index contributed by atoms with van der Waals surface area (Å²) in [6.45, 7) is 4.38. The van der Waals surface area contributed by atoms with Crippen LogP contribution in [0.1, 0.15) is 20.3 Å². The lowest BCUT2D eigenvalue weighted by molar-refractivity contribution is -0.126. The number of allylic oxidation sites excluding steroid dienone is 1. The number of hydrogen-bond acceptors (Lipinski definition) is 2. The lowest BCUT2D eigenvalue weighted by atomic mass is 10.4. The van der Waals surface area contributed by atoms with Gasteiger partial charge in [0, 0.05) is 12.6 Å². The molecule has 0 unspecified atom stereocenters.